The average Bonchev–Trinajstić information content (AvgIpc) is 2.30. The quantitative estimate of drug-likeness (QED) is 0.918. The number of pyridine rings is 1. The van der Waals surface area contributed by atoms with Crippen molar-refractivity contribution in [2.24, 2.45) is 0 Å². The molecule has 19 heavy (non-hydrogen) atoms. The van der Waals surface area contributed by atoms with Crippen LogP contribution in [0.2, 0.25) is 5.02 Å². The highest BCUT2D eigenvalue weighted by Gasteiger charge is 2.18. The van der Waals surface area contributed by atoms with Crippen molar-refractivity contribution in [3.8, 4) is 5.69 Å². The first-order chi connectivity index (χ1) is 8.93. The molecular formula is C14H12ClNO3. The molecule has 1 aromatic carbocycles. The van der Waals surface area contributed by atoms with Crippen molar-refractivity contribution in [3.63, 3.8) is 0 Å². The van der Waals surface area contributed by atoms with Crippen LogP contribution in [0, 0.1) is 13.8 Å². The highest BCUT2D eigenvalue weighted by Crippen LogP contribution is 2.20. The SMILES string of the molecule is Cc1cc(C)n(-c2ccccc2Cl)c(=O)c1C(=O)O. The number of aromatic carboxylic acids is 1. The summed E-state index contributed by atoms with van der Waals surface area (Å²) in [5, 5.41) is 9.53. The smallest absolute Gasteiger partial charge is 0.341 e. The van der Waals surface area contributed by atoms with E-state index in [9.17, 15) is 9.59 Å². The molecule has 5 heteroatoms. The fraction of sp³-hybridized carbons (Fsp3) is 0.143. The number of para-hydroxylation sites is 1. The highest BCUT2D eigenvalue weighted by molar-refractivity contribution is 6.32. The Bertz CT molecular complexity index is 719. The maximum atomic E-state index is 12.3. The van der Waals surface area contributed by atoms with E-state index >= 15 is 0 Å². The van der Waals surface area contributed by atoms with Gasteiger partial charge in [-0.1, -0.05) is 23.7 Å². The zero-order valence-electron chi connectivity index (χ0n) is 10.5. The third-order valence-electron chi connectivity index (χ3n) is 2.90. The summed E-state index contributed by atoms with van der Waals surface area (Å²) in [4.78, 5) is 23.5. The number of rotatable bonds is 2. The monoisotopic (exact) mass is 277 g/mol. The second-order valence-corrected chi connectivity index (χ2v) is 4.65. The zero-order chi connectivity index (χ0) is 14.2. The summed E-state index contributed by atoms with van der Waals surface area (Å²) < 4.78 is 1.32. The number of carboxylic acid groups (broad SMARTS) is 1. The molecule has 2 rings (SSSR count). The minimum atomic E-state index is -1.23. The van der Waals surface area contributed by atoms with E-state index in [4.69, 9.17) is 16.7 Å². The van der Waals surface area contributed by atoms with Gasteiger partial charge in [0.2, 0.25) is 0 Å². The Hall–Kier alpha value is -2.07. The van der Waals surface area contributed by atoms with Gasteiger partial charge in [-0.25, -0.2) is 4.79 Å². The van der Waals surface area contributed by atoms with Crippen LogP contribution in [0.5, 0.6) is 0 Å². The van der Waals surface area contributed by atoms with Gasteiger partial charge in [-0.3, -0.25) is 9.36 Å². The Morgan fingerprint density at radius 1 is 1.26 bits per heavy atom. The van der Waals surface area contributed by atoms with Crippen LogP contribution >= 0.6 is 11.6 Å². The largest absolute Gasteiger partial charge is 0.477 e. The van der Waals surface area contributed by atoms with E-state index in [2.05, 4.69) is 0 Å². The van der Waals surface area contributed by atoms with E-state index in [0.717, 1.165) is 0 Å². The Kier molecular flexibility index (Phi) is 3.44. The first-order valence-corrected chi connectivity index (χ1v) is 6.02. The van der Waals surface area contributed by atoms with Crippen LogP contribution < -0.4 is 5.56 Å². The van der Waals surface area contributed by atoms with Crippen LogP contribution in [0.15, 0.2) is 35.1 Å². The maximum absolute atomic E-state index is 12.3. The normalized spacial score (nSPS) is 10.5. The summed E-state index contributed by atoms with van der Waals surface area (Å²) in [6.45, 7) is 3.35. The second-order valence-electron chi connectivity index (χ2n) is 4.24. The molecule has 0 amide bonds. The summed E-state index contributed by atoms with van der Waals surface area (Å²) >= 11 is 6.07. The molecule has 0 aliphatic carbocycles. The van der Waals surface area contributed by atoms with Crippen LogP contribution in [-0.2, 0) is 0 Å². The molecule has 1 N–H and O–H groups in total. The average molecular weight is 278 g/mol. The number of aryl methyl sites for hydroxylation is 2. The summed E-state index contributed by atoms with van der Waals surface area (Å²) in [7, 11) is 0. The Morgan fingerprint density at radius 2 is 1.89 bits per heavy atom. The van der Waals surface area contributed by atoms with E-state index in [0.29, 0.717) is 22.0 Å². The lowest BCUT2D eigenvalue weighted by atomic mass is 10.1. The van der Waals surface area contributed by atoms with Crippen LogP contribution in [0.4, 0.5) is 0 Å². The van der Waals surface area contributed by atoms with E-state index in [-0.39, 0.29) is 5.56 Å². The van der Waals surface area contributed by atoms with E-state index in [1.165, 1.54) is 4.57 Å². The summed E-state index contributed by atoms with van der Waals surface area (Å²) in [6.07, 6.45) is 0. The molecular weight excluding hydrogens is 266 g/mol. The van der Waals surface area contributed by atoms with Crippen LogP contribution in [-0.4, -0.2) is 15.6 Å². The topological polar surface area (TPSA) is 59.3 Å². The van der Waals surface area contributed by atoms with Crippen molar-refractivity contribution in [1.82, 2.24) is 4.57 Å². The van der Waals surface area contributed by atoms with Crippen LogP contribution in [0.25, 0.3) is 5.69 Å². The predicted molar refractivity (Wildman–Crippen MR) is 73.5 cm³/mol. The molecule has 98 valence electrons. The molecule has 0 radical (unpaired) electrons. The fourth-order valence-corrected chi connectivity index (χ4v) is 2.30. The molecule has 4 nitrogen and oxygen atoms in total. The lowest BCUT2D eigenvalue weighted by molar-refractivity contribution is 0.0693. The molecule has 1 aromatic heterocycles. The number of carbonyl (C=O) groups is 1. The van der Waals surface area contributed by atoms with Gasteiger partial charge >= 0.3 is 5.97 Å². The molecule has 0 fully saturated rings. The maximum Gasteiger partial charge on any atom is 0.341 e. The van der Waals surface area contributed by atoms with Gasteiger partial charge < -0.3 is 5.11 Å². The van der Waals surface area contributed by atoms with Crippen molar-refractivity contribution in [1.29, 1.82) is 0 Å². The molecule has 0 aliphatic rings. The highest BCUT2D eigenvalue weighted by atomic mass is 35.5. The summed E-state index contributed by atoms with van der Waals surface area (Å²) in [6, 6.07) is 8.49. The molecule has 0 saturated heterocycles. The lowest BCUT2D eigenvalue weighted by Gasteiger charge is -2.14. The Balaban J connectivity index is 2.86. The van der Waals surface area contributed by atoms with E-state index in [1.807, 2.05) is 0 Å². The fourth-order valence-electron chi connectivity index (χ4n) is 2.08. The van der Waals surface area contributed by atoms with Crippen molar-refractivity contribution in [2.45, 2.75) is 13.8 Å². The van der Waals surface area contributed by atoms with Gasteiger partial charge in [0.1, 0.15) is 5.56 Å². The van der Waals surface area contributed by atoms with Gasteiger partial charge in [-0.15, -0.1) is 0 Å². The third-order valence-corrected chi connectivity index (χ3v) is 3.22. The number of hydrogen-bond donors (Lipinski definition) is 1. The molecule has 0 unspecified atom stereocenters. The summed E-state index contributed by atoms with van der Waals surface area (Å²) in [5.74, 6) is -1.23. The van der Waals surface area contributed by atoms with Crippen molar-refractivity contribution < 1.29 is 9.90 Å². The minimum Gasteiger partial charge on any atom is -0.477 e. The summed E-state index contributed by atoms with van der Waals surface area (Å²) in [5.41, 5.74) is 0.761. The van der Waals surface area contributed by atoms with E-state index < -0.39 is 11.5 Å². The molecule has 2 aromatic rings. The standard InChI is InChI=1S/C14H12ClNO3/c1-8-7-9(2)16(13(17)12(8)14(18)19)11-6-4-3-5-10(11)15/h3-7H,1-2H3,(H,18,19). The van der Waals surface area contributed by atoms with Crippen molar-refractivity contribution in [2.75, 3.05) is 0 Å². The van der Waals surface area contributed by atoms with Gasteiger partial charge in [0.25, 0.3) is 5.56 Å². The molecule has 0 aliphatic heterocycles. The van der Waals surface area contributed by atoms with Crippen LogP contribution in [0.3, 0.4) is 0 Å². The molecule has 0 saturated carbocycles. The Labute approximate surface area is 114 Å². The molecule has 0 atom stereocenters. The number of nitrogens with zero attached hydrogens (tertiary/aromatic N) is 1. The first kappa shape index (κ1) is 13.4. The molecule has 0 spiro atoms. The van der Waals surface area contributed by atoms with Gasteiger partial charge in [0.15, 0.2) is 0 Å². The molecule has 0 bridgehead atoms. The van der Waals surface area contributed by atoms with Crippen molar-refractivity contribution in [3.05, 3.63) is 62.5 Å². The van der Waals surface area contributed by atoms with Gasteiger partial charge in [-0.05, 0) is 37.6 Å². The predicted octanol–water partition coefficient (Wildman–Crippen LogP) is 2.81. The van der Waals surface area contributed by atoms with Crippen molar-refractivity contribution >= 4 is 17.6 Å². The number of aromatic nitrogens is 1. The van der Waals surface area contributed by atoms with Crippen LogP contribution in [0.1, 0.15) is 21.6 Å². The van der Waals surface area contributed by atoms with Gasteiger partial charge in [0, 0.05) is 5.69 Å². The first-order valence-electron chi connectivity index (χ1n) is 5.65. The third kappa shape index (κ3) is 2.27. The number of halogens is 1. The minimum absolute atomic E-state index is 0.231. The number of hydrogen-bond acceptors (Lipinski definition) is 2. The Morgan fingerprint density at radius 3 is 2.47 bits per heavy atom. The lowest BCUT2D eigenvalue weighted by Crippen LogP contribution is -2.28. The zero-order valence-corrected chi connectivity index (χ0v) is 11.2. The second kappa shape index (κ2) is 4.90. The number of carboxylic acids is 1. The van der Waals surface area contributed by atoms with Gasteiger partial charge in [-0.2, -0.15) is 0 Å². The molecule has 1 heterocycles. The van der Waals surface area contributed by atoms with E-state index in [1.54, 1.807) is 44.2 Å². The number of benzene rings is 1. The van der Waals surface area contributed by atoms with Gasteiger partial charge in [0.05, 0.1) is 10.7 Å².